The van der Waals surface area contributed by atoms with Gasteiger partial charge in [0.1, 0.15) is 0 Å². The Morgan fingerprint density at radius 2 is 0.682 bits per heavy atom. The molecule has 0 bridgehead atoms. The van der Waals surface area contributed by atoms with E-state index in [1.165, 1.54) is 11.1 Å². The van der Waals surface area contributed by atoms with Crippen molar-refractivity contribution < 1.29 is 0 Å². The van der Waals surface area contributed by atoms with Crippen LogP contribution in [0.2, 0.25) is 0 Å². The van der Waals surface area contributed by atoms with Crippen molar-refractivity contribution >= 4 is 0 Å². The fourth-order valence-electron chi connectivity index (χ4n) is 2.14. The SMILES string of the molecule is C1=C\C=C/CC(/C2=C\C=C\C=C/C=C\C=C\C2)=C\C=C\C=C/1. The van der Waals surface area contributed by atoms with E-state index in [1.807, 2.05) is 36.5 Å². The highest BCUT2D eigenvalue weighted by molar-refractivity contribution is 5.40. The number of hydrogen-bond acceptors (Lipinski definition) is 0. The summed E-state index contributed by atoms with van der Waals surface area (Å²) in [7, 11) is 0. The van der Waals surface area contributed by atoms with Crippen molar-refractivity contribution in [3.63, 3.8) is 0 Å². The maximum absolute atomic E-state index is 2.21. The Balaban J connectivity index is 2.27. The molecule has 0 fully saturated rings. The van der Waals surface area contributed by atoms with Crippen molar-refractivity contribution in [1.29, 1.82) is 0 Å². The van der Waals surface area contributed by atoms with Gasteiger partial charge in [0.05, 0.1) is 0 Å². The Hall–Kier alpha value is -2.60. The number of rotatable bonds is 1. The second-order valence-corrected chi connectivity index (χ2v) is 4.96. The topological polar surface area (TPSA) is 0 Å². The van der Waals surface area contributed by atoms with Crippen molar-refractivity contribution in [2.24, 2.45) is 0 Å². The molecule has 0 unspecified atom stereocenters. The molecule has 0 aromatic rings. The van der Waals surface area contributed by atoms with Crippen LogP contribution in [0.4, 0.5) is 0 Å². The van der Waals surface area contributed by atoms with E-state index < -0.39 is 0 Å². The number of hydrogen-bond donors (Lipinski definition) is 0. The van der Waals surface area contributed by atoms with Gasteiger partial charge in [0.2, 0.25) is 0 Å². The van der Waals surface area contributed by atoms with Gasteiger partial charge in [-0.1, -0.05) is 109 Å². The van der Waals surface area contributed by atoms with Gasteiger partial charge in [0.25, 0.3) is 0 Å². The molecule has 0 saturated heterocycles. The first-order valence-electron chi connectivity index (χ1n) is 7.68. The molecule has 2 aliphatic rings. The zero-order valence-corrected chi connectivity index (χ0v) is 12.8. The van der Waals surface area contributed by atoms with Gasteiger partial charge in [-0.25, -0.2) is 0 Å². The van der Waals surface area contributed by atoms with Gasteiger partial charge in [-0.05, 0) is 24.0 Å². The summed E-state index contributed by atoms with van der Waals surface area (Å²) in [5.74, 6) is 0. The Kier molecular flexibility index (Phi) is 7.30. The van der Waals surface area contributed by atoms with Crippen LogP contribution in [-0.4, -0.2) is 0 Å². The molecular formula is C22H22. The Labute approximate surface area is 133 Å². The zero-order valence-electron chi connectivity index (χ0n) is 12.8. The predicted molar refractivity (Wildman–Crippen MR) is 98.5 cm³/mol. The highest BCUT2D eigenvalue weighted by Crippen LogP contribution is 2.20. The molecule has 22 heavy (non-hydrogen) atoms. The maximum Gasteiger partial charge on any atom is -0.00915 e. The fourth-order valence-corrected chi connectivity index (χ4v) is 2.14. The third kappa shape index (κ3) is 6.23. The average Bonchev–Trinajstić information content (AvgIpc) is 2.64. The Bertz CT molecular complexity index is 578. The molecule has 0 saturated carbocycles. The average molecular weight is 286 g/mol. The van der Waals surface area contributed by atoms with E-state index in [2.05, 4.69) is 72.9 Å². The molecule has 0 amide bonds. The molecule has 2 rings (SSSR count). The van der Waals surface area contributed by atoms with Crippen LogP contribution in [-0.2, 0) is 0 Å². The van der Waals surface area contributed by atoms with Gasteiger partial charge in [-0.2, -0.15) is 0 Å². The molecule has 0 heteroatoms. The highest BCUT2D eigenvalue weighted by Gasteiger charge is 2.01. The van der Waals surface area contributed by atoms with Gasteiger partial charge < -0.3 is 0 Å². The third-order valence-electron chi connectivity index (χ3n) is 3.29. The summed E-state index contributed by atoms with van der Waals surface area (Å²) in [5.41, 5.74) is 2.69. The van der Waals surface area contributed by atoms with Crippen LogP contribution in [0, 0.1) is 0 Å². The first-order valence-corrected chi connectivity index (χ1v) is 7.68. The molecule has 2 aliphatic carbocycles. The Morgan fingerprint density at radius 3 is 1.09 bits per heavy atom. The first-order chi connectivity index (χ1) is 11.0. The van der Waals surface area contributed by atoms with Crippen LogP contribution in [0.15, 0.2) is 121 Å². The summed E-state index contributed by atoms with van der Waals surface area (Å²) < 4.78 is 0. The zero-order chi connectivity index (χ0) is 15.3. The molecule has 0 nitrogen and oxygen atoms in total. The first kappa shape index (κ1) is 15.8. The molecule has 0 heterocycles. The van der Waals surface area contributed by atoms with Crippen LogP contribution in [0.1, 0.15) is 12.8 Å². The van der Waals surface area contributed by atoms with Crippen LogP contribution in [0.3, 0.4) is 0 Å². The largest absolute Gasteiger partial charge is 0.0801 e. The van der Waals surface area contributed by atoms with E-state index in [0.717, 1.165) is 12.8 Å². The van der Waals surface area contributed by atoms with E-state index in [4.69, 9.17) is 0 Å². The van der Waals surface area contributed by atoms with Crippen molar-refractivity contribution in [3.05, 3.63) is 121 Å². The summed E-state index contributed by atoms with van der Waals surface area (Å²) in [6, 6.07) is 0. The lowest BCUT2D eigenvalue weighted by molar-refractivity contribution is 1.14. The minimum atomic E-state index is 0.938. The van der Waals surface area contributed by atoms with Gasteiger partial charge >= 0.3 is 0 Å². The van der Waals surface area contributed by atoms with Gasteiger partial charge in [-0.15, -0.1) is 0 Å². The summed E-state index contributed by atoms with van der Waals surface area (Å²) in [6.07, 6.45) is 39.6. The summed E-state index contributed by atoms with van der Waals surface area (Å²) in [5, 5.41) is 0. The quantitative estimate of drug-likeness (QED) is 0.546. The number of allylic oxidation sites excluding steroid dienone is 20. The van der Waals surface area contributed by atoms with E-state index in [-0.39, 0.29) is 0 Å². The van der Waals surface area contributed by atoms with Crippen LogP contribution in [0.5, 0.6) is 0 Å². The molecule has 110 valence electrons. The molecule has 0 aliphatic heterocycles. The van der Waals surface area contributed by atoms with E-state index in [1.54, 1.807) is 0 Å². The van der Waals surface area contributed by atoms with Crippen molar-refractivity contribution in [3.8, 4) is 0 Å². The monoisotopic (exact) mass is 286 g/mol. The molecular weight excluding hydrogens is 264 g/mol. The third-order valence-corrected chi connectivity index (χ3v) is 3.29. The molecule has 0 aromatic carbocycles. The van der Waals surface area contributed by atoms with Gasteiger partial charge in [0, 0.05) is 0 Å². The van der Waals surface area contributed by atoms with Gasteiger partial charge in [-0.3, -0.25) is 0 Å². The lowest BCUT2D eigenvalue weighted by Gasteiger charge is -2.08. The lowest BCUT2D eigenvalue weighted by Crippen LogP contribution is -1.88. The highest BCUT2D eigenvalue weighted by atomic mass is 14.1. The second kappa shape index (κ2) is 10.2. The minimum Gasteiger partial charge on any atom is -0.0801 e. The Morgan fingerprint density at radius 1 is 0.364 bits per heavy atom. The van der Waals surface area contributed by atoms with E-state index >= 15 is 0 Å². The van der Waals surface area contributed by atoms with Crippen LogP contribution >= 0.6 is 0 Å². The standard InChI is InChI=1S/C22H22/c1-2-6-10-14-18-21(17-13-9-5-1)22-19-15-11-7-3-4-8-12-16-20-22/h1-17,19H,18,20H2/b5-1-,6-2-,7-3-,8-4-,13-9+,14-10-,15-11+,16-12+,21-17+,22-19-. The molecule has 0 atom stereocenters. The van der Waals surface area contributed by atoms with Crippen molar-refractivity contribution in [2.75, 3.05) is 0 Å². The maximum atomic E-state index is 2.21. The molecule has 0 N–H and O–H groups in total. The smallest absolute Gasteiger partial charge is 0.00915 e. The van der Waals surface area contributed by atoms with Gasteiger partial charge in [0.15, 0.2) is 0 Å². The summed E-state index contributed by atoms with van der Waals surface area (Å²) in [6.45, 7) is 0. The van der Waals surface area contributed by atoms with E-state index in [0.29, 0.717) is 0 Å². The molecule has 0 spiro atoms. The normalized spacial score (nSPS) is 34.9. The molecule has 0 radical (unpaired) electrons. The van der Waals surface area contributed by atoms with Crippen molar-refractivity contribution in [1.82, 2.24) is 0 Å². The fraction of sp³-hybridized carbons (Fsp3) is 0.0909. The summed E-state index contributed by atoms with van der Waals surface area (Å²) in [4.78, 5) is 0. The predicted octanol–water partition coefficient (Wildman–Crippen LogP) is 6.10. The van der Waals surface area contributed by atoms with Crippen LogP contribution < -0.4 is 0 Å². The minimum absolute atomic E-state index is 0.938. The van der Waals surface area contributed by atoms with Crippen molar-refractivity contribution in [2.45, 2.75) is 12.8 Å². The van der Waals surface area contributed by atoms with E-state index in [9.17, 15) is 0 Å². The summed E-state index contributed by atoms with van der Waals surface area (Å²) >= 11 is 0. The lowest BCUT2D eigenvalue weighted by atomic mass is 9.98. The second-order valence-electron chi connectivity index (χ2n) is 4.96. The van der Waals surface area contributed by atoms with Crippen LogP contribution in [0.25, 0.3) is 0 Å². The molecule has 0 aromatic heterocycles.